The molecule has 0 saturated carbocycles. The van der Waals surface area contributed by atoms with Gasteiger partial charge in [-0.15, -0.1) is 0 Å². The fraction of sp³-hybridized carbons (Fsp3) is 0.214. The molecule has 0 aliphatic heterocycles. The molecule has 0 saturated heterocycles. The number of carbonyl (C=O) groups is 1. The number of benzene rings is 1. The monoisotopic (exact) mass is 230 g/mol. The maximum atomic E-state index is 12.1. The van der Waals surface area contributed by atoms with Crippen LogP contribution in [0.5, 0.6) is 0 Å². The lowest BCUT2D eigenvalue weighted by atomic mass is 10.1. The van der Waals surface area contributed by atoms with Gasteiger partial charge in [0.25, 0.3) is 0 Å². The predicted molar refractivity (Wildman–Crippen MR) is 64.0 cm³/mol. The predicted octanol–water partition coefficient (Wildman–Crippen LogP) is 2.97. The van der Waals surface area contributed by atoms with Crippen LogP contribution >= 0.6 is 0 Å². The minimum absolute atomic E-state index is 0.101. The van der Waals surface area contributed by atoms with Gasteiger partial charge in [0, 0.05) is 12.7 Å². The molecule has 0 bridgehead atoms. The van der Waals surface area contributed by atoms with Crippen LogP contribution in [0.2, 0.25) is 0 Å². The van der Waals surface area contributed by atoms with Gasteiger partial charge in [-0.3, -0.25) is 4.79 Å². The molecule has 0 aliphatic rings. The summed E-state index contributed by atoms with van der Waals surface area (Å²) in [6.45, 7) is 2.33. The van der Waals surface area contributed by atoms with E-state index in [4.69, 9.17) is 9.15 Å². The van der Waals surface area contributed by atoms with Crippen LogP contribution in [0.25, 0.3) is 0 Å². The van der Waals surface area contributed by atoms with E-state index in [9.17, 15) is 4.79 Å². The van der Waals surface area contributed by atoms with Crippen molar-refractivity contribution in [3.8, 4) is 0 Å². The first-order chi connectivity index (χ1) is 8.20. The molecule has 1 aromatic heterocycles. The van der Waals surface area contributed by atoms with E-state index in [0.717, 1.165) is 5.56 Å². The molecule has 0 unspecified atom stereocenters. The van der Waals surface area contributed by atoms with Crippen molar-refractivity contribution in [3.05, 3.63) is 59.0 Å². The molecule has 1 aromatic carbocycles. The van der Waals surface area contributed by atoms with Crippen LogP contribution in [-0.2, 0) is 11.3 Å². The van der Waals surface area contributed by atoms with Crippen LogP contribution in [0.4, 0.5) is 0 Å². The third kappa shape index (κ3) is 2.63. The molecular weight excluding hydrogens is 216 g/mol. The third-order valence-corrected chi connectivity index (χ3v) is 2.45. The van der Waals surface area contributed by atoms with Crippen molar-refractivity contribution in [3.63, 3.8) is 0 Å². The van der Waals surface area contributed by atoms with E-state index >= 15 is 0 Å². The molecule has 17 heavy (non-hydrogen) atoms. The van der Waals surface area contributed by atoms with Gasteiger partial charge >= 0.3 is 0 Å². The fourth-order valence-electron chi connectivity index (χ4n) is 1.65. The van der Waals surface area contributed by atoms with Crippen molar-refractivity contribution in [1.29, 1.82) is 0 Å². The number of furan rings is 1. The first kappa shape index (κ1) is 11.6. The molecule has 3 heteroatoms. The quantitative estimate of drug-likeness (QED) is 0.758. The Hall–Kier alpha value is -1.87. The third-order valence-electron chi connectivity index (χ3n) is 2.45. The Morgan fingerprint density at radius 3 is 2.82 bits per heavy atom. The van der Waals surface area contributed by atoms with Gasteiger partial charge in [-0.05, 0) is 25.1 Å². The molecule has 2 rings (SSSR count). The molecule has 0 N–H and O–H groups in total. The summed E-state index contributed by atoms with van der Waals surface area (Å²) in [5.41, 5.74) is 1.70. The maximum absolute atomic E-state index is 12.1. The average molecular weight is 230 g/mol. The number of ether oxygens (including phenoxy) is 1. The molecule has 0 radical (unpaired) electrons. The van der Waals surface area contributed by atoms with E-state index in [0.29, 0.717) is 23.7 Å². The lowest BCUT2D eigenvalue weighted by Gasteiger charge is -1.99. The summed E-state index contributed by atoms with van der Waals surface area (Å²) in [5, 5.41) is 0. The highest BCUT2D eigenvalue weighted by molar-refractivity contribution is 6.07. The Bertz CT molecular complexity index is 526. The van der Waals surface area contributed by atoms with E-state index in [1.54, 1.807) is 25.3 Å². The largest absolute Gasteiger partial charge is 0.455 e. The molecule has 3 nitrogen and oxygen atoms in total. The summed E-state index contributed by atoms with van der Waals surface area (Å²) in [7, 11) is 1.59. The molecule has 0 amide bonds. The van der Waals surface area contributed by atoms with Gasteiger partial charge < -0.3 is 9.15 Å². The molecule has 88 valence electrons. The van der Waals surface area contributed by atoms with Crippen molar-refractivity contribution in [2.75, 3.05) is 7.11 Å². The molecule has 2 aromatic rings. The zero-order chi connectivity index (χ0) is 12.3. The summed E-state index contributed by atoms with van der Waals surface area (Å²) in [4.78, 5) is 12.1. The van der Waals surface area contributed by atoms with Gasteiger partial charge in [0.1, 0.15) is 12.4 Å². The second kappa shape index (κ2) is 4.97. The van der Waals surface area contributed by atoms with Crippen LogP contribution < -0.4 is 0 Å². The number of methoxy groups -OCH3 is 1. The standard InChI is InChI=1S/C14H14O3/c1-10-4-3-5-11(8-10)14(15)13-7-6-12(17-13)9-16-2/h3-8H,9H2,1-2H3. The number of aryl methyl sites for hydroxylation is 1. The number of ketones is 1. The Balaban J connectivity index is 2.24. The van der Waals surface area contributed by atoms with Crippen LogP contribution in [0.3, 0.4) is 0 Å². The molecular formula is C14H14O3. The summed E-state index contributed by atoms with van der Waals surface area (Å²) in [5.74, 6) is 0.905. The van der Waals surface area contributed by atoms with Crippen molar-refractivity contribution in [2.45, 2.75) is 13.5 Å². The van der Waals surface area contributed by atoms with E-state index in [-0.39, 0.29) is 5.78 Å². The first-order valence-corrected chi connectivity index (χ1v) is 5.39. The van der Waals surface area contributed by atoms with Crippen LogP contribution in [-0.4, -0.2) is 12.9 Å². The number of carbonyl (C=O) groups excluding carboxylic acids is 1. The van der Waals surface area contributed by atoms with Crippen LogP contribution in [0, 0.1) is 6.92 Å². The lowest BCUT2D eigenvalue weighted by molar-refractivity contribution is 0.1000. The molecule has 0 fully saturated rings. The summed E-state index contributed by atoms with van der Waals surface area (Å²) in [6, 6.07) is 10.9. The fourth-order valence-corrected chi connectivity index (χ4v) is 1.65. The van der Waals surface area contributed by atoms with E-state index in [1.807, 2.05) is 25.1 Å². The number of rotatable bonds is 4. The first-order valence-electron chi connectivity index (χ1n) is 5.39. The van der Waals surface area contributed by atoms with E-state index < -0.39 is 0 Å². The van der Waals surface area contributed by atoms with Gasteiger partial charge in [-0.2, -0.15) is 0 Å². The highest BCUT2D eigenvalue weighted by Crippen LogP contribution is 2.15. The normalized spacial score (nSPS) is 10.5. The van der Waals surface area contributed by atoms with Gasteiger partial charge in [0.15, 0.2) is 5.76 Å². The van der Waals surface area contributed by atoms with Crippen molar-refractivity contribution < 1.29 is 13.9 Å². The molecule has 0 spiro atoms. The smallest absolute Gasteiger partial charge is 0.228 e. The minimum atomic E-state index is -0.101. The topological polar surface area (TPSA) is 39.4 Å². The van der Waals surface area contributed by atoms with Crippen LogP contribution in [0.15, 0.2) is 40.8 Å². The highest BCUT2D eigenvalue weighted by Gasteiger charge is 2.13. The maximum Gasteiger partial charge on any atom is 0.228 e. The van der Waals surface area contributed by atoms with Gasteiger partial charge in [-0.1, -0.05) is 23.8 Å². The van der Waals surface area contributed by atoms with E-state index in [1.165, 1.54) is 0 Å². The van der Waals surface area contributed by atoms with Crippen molar-refractivity contribution >= 4 is 5.78 Å². The summed E-state index contributed by atoms with van der Waals surface area (Å²) in [6.07, 6.45) is 0. The zero-order valence-corrected chi connectivity index (χ0v) is 9.90. The minimum Gasteiger partial charge on any atom is -0.455 e. The summed E-state index contributed by atoms with van der Waals surface area (Å²) >= 11 is 0. The average Bonchev–Trinajstić information content (AvgIpc) is 2.77. The molecule has 0 atom stereocenters. The van der Waals surface area contributed by atoms with Gasteiger partial charge in [0.2, 0.25) is 5.78 Å². The molecule has 0 aliphatic carbocycles. The number of hydrogen-bond donors (Lipinski definition) is 0. The summed E-state index contributed by atoms with van der Waals surface area (Å²) < 4.78 is 10.3. The Morgan fingerprint density at radius 1 is 1.29 bits per heavy atom. The van der Waals surface area contributed by atoms with Gasteiger partial charge in [-0.25, -0.2) is 0 Å². The SMILES string of the molecule is COCc1ccc(C(=O)c2cccc(C)c2)o1. The van der Waals surface area contributed by atoms with Crippen LogP contribution in [0.1, 0.15) is 27.4 Å². The molecule has 1 heterocycles. The van der Waals surface area contributed by atoms with Crippen molar-refractivity contribution in [1.82, 2.24) is 0 Å². The Kier molecular flexibility index (Phi) is 3.40. The number of hydrogen-bond acceptors (Lipinski definition) is 3. The Morgan fingerprint density at radius 2 is 2.12 bits per heavy atom. The Labute approximate surface area is 100 Å². The second-order valence-corrected chi connectivity index (χ2v) is 3.90. The van der Waals surface area contributed by atoms with Gasteiger partial charge in [0.05, 0.1) is 0 Å². The zero-order valence-electron chi connectivity index (χ0n) is 9.90. The lowest BCUT2D eigenvalue weighted by Crippen LogP contribution is -1.99. The second-order valence-electron chi connectivity index (χ2n) is 3.90. The highest BCUT2D eigenvalue weighted by atomic mass is 16.5. The van der Waals surface area contributed by atoms with E-state index in [2.05, 4.69) is 0 Å². The van der Waals surface area contributed by atoms with Crippen molar-refractivity contribution in [2.24, 2.45) is 0 Å².